The van der Waals surface area contributed by atoms with Gasteiger partial charge in [-0.1, -0.05) is 6.07 Å². The first-order valence-corrected chi connectivity index (χ1v) is 9.71. The largest absolute Gasteiger partial charge is 0.333 e. The summed E-state index contributed by atoms with van der Waals surface area (Å²) in [5, 5.41) is 6.40. The van der Waals surface area contributed by atoms with E-state index in [4.69, 9.17) is 0 Å². The van der Waals surface area contributed by atoms with E-state index in [1.807, 2.05) is 23.1 Å². The van der Waals surface area contributed by atoms with Crippen LogP contribution in [0.4, 0.5) is 0 Å². The first-order valence-electron chi connectivity index (χ1n) is 8.83. The molecule has 6 heteroatoms. The van der Waals surface area contributed by atoms with Gasteiger partial charge < -0.3 is 4.90 Å². The van der Waals surface area contributed by atoms with Gasteiger partial charge in [0.15, 0.2) is 0 Å². The normalized spacial score (nSPS) is 21.2. The van der Waals surface area contributed by atoms with Gasteiger partial charge in [0, 0.05) is 29.4 Å². The van der Waals surface area contributed by atoms with E-state index in [1.54, 1.807) is 11.3 Å². The summed E-state index contributed by atoms with van der Waals surface area (Å²) in [6.45, 7) is 3.23. The van der Waals surface area contributed by atoms with Crippen LogP contribution in [0.15, 0.2) is 36.0 Å². The van der Waals surface area contributed by atoms with Gasteiger partial charge in [0.05, 0.1) is 19.6 Å². The molecule has 0 N–H and O–H groups in total. The molecule has 1 aliphatic carbocycles. The average Bonchev–Trinajstić information content (AvgIpc) is 2.99. The molecule has 0 unspecified atom stereocenters. The molecule has 1 aliphatic heterocycles. The number of hydrogen-bond acceptors (Lipinski definition) is 4. The van der Waals surface area contributed by atoms with Crippen molar-refractivity contribution in [3.05, 3.63) is 40.8 Å². The zero-order valence-corrected chi connectivity index (χ0v) is 14.7. The summed E-state index contributed by atoms with van der Waals surface area (Å²) in [6, 6.07) is 7.04. The summed E-state index contributed by atoms with van der Waals surface area (Å²) in [4.78, 5) is 18.7. The fourth-order valence-corrected chi connectivity index (χ4v) is 4.28. The van der Waals surface area contributed by atoms with Crippen LogP contribution in [0.3, 0.4) is 0 Å². The second-order valence-corrected chi connectivity index (χ2v) is 7.86. The van der Waals surface area contributed by atoms with Gasteiger partial charge in [0.1, 0.15) is 0 Å². The van der Waals surface area contributed by atoms with Crippen molar-refractivity contribution in [3.8, 4) is 0 Å². The maximum Gasteiger partial charge on any atom is 0.237 e. The number of thiophene rings is 1. The molecule has 0 bridgehead atoms. The molecule has 128 valence electrons. The van der Waals surface area contributed by atoms with Crippen LogP contribution in [-0.2, 0) is 17.9 Å². The molecule has 1 saturated carbocycles. The fourth-order valence-electron chi connectivity index (χ4n) is 3.58. The minimum Gasteiger partial charge on any atom is -0.333 e. The Balaban J connectivity index is 1.38. The lowest BCUT2D eigenvalue weighted by molar-refractivity contribution is -0.133. The standard InChI is InChI=1S/C18H24N4OS/c23-18(22(15-6-7-15)13-17-5-2-11-24-17)14-20-9-1-4-16(20)12-21-10-3-8-19-21/h2-3,5,8,10-11,15-16H,1,4,6-7,9,12-14H2/t16-/m1/s1. The molecule has 0 aromatic carbocycles. The molecule has 0 radical (unpaired) electrons. The maximum atomic E-state index is 12.9. The van der Waals surface area contributed by atoms with Crippen molar-refractivity contribution in [2.24, 2.45) is 0 Å². The molecule has 0 spiro atoms. The molecule has 1 amide bonds. The van der Waals surface area contributed by atoms with Crippen LogP contribution in [-0.4, -0.2) is 50.7 Å². The van der Waals surface area contributed by atoms with Crippen molar-refractivity contribution in [1.82, 2.24) is 19.6 Å². The maximum absolute atomic E-state index is 12.9. The number of aromatic nitrogens is 2. The fraction of sp³-hybridized carbons (Fsp3) is 0.556. The van der Waals surface area contributed by atoms with Crippen molar-refractivity contribution in [3.63, 3.8) is 0 Å². The summed E-state index contributed by atoms with van der Waals surface area (Å²) in [6.07, 6.45) is 8.47. The number of amides is 1. The van der Waals surface area contributed by atoms with E-state index in [0.717, 1.165) is 38.9 Å². The van der Waals surface area contributed by atoms with Crippen LogP contribution < -0.4 is 0 Å². The average molecular weight is 344 g/mol. The lowest BCUT2D eigenvalue weighted by atomic mass is 10.2. The molecule has 2 aliphatic rings. The predicted octanol–water partition coefficient (Wildman–Crippen LogP) is 2.60. The Morgan fingerprint density at radius 3 is 2.96 bits per heavy atom. The lowest BCUT2D eigenvalue weighted by Gasteiger charge is -2.28. The molecule has 24 heavy (non-hydrogen) atoms. The monoisotopic (exact) mass is 344 g/mol. The van der Waals surface area contributed by atoms with E-state index >= 15 is 0 Å². The summed E-state index contributed by atoms with van der Waals surface area (Å²) in [5.74, 6) is 0.290. The van der Waals surface area contributed by atoms with E-state index < -0.39 is 0 Å². The SMILES string of the molecule is O=C(CN1CCC[C@@H]1Cn1cccn1)N(Cc1cccs1)C1CC1. The number of carbonyl (C=O) groups excluding carboxylic acids is 1. The molecule has 2 aromatic rings. The van der Waals surface area contributed by atoms with Crippen LogP contribution in [0.1, 0.15) is 30.6 Å². The summed E-state index contributed by atoms with van der Waals surface area (Å²) < 4.78 is 1.98. The zero-order valence-electron chi connectivity index (χ0n) is 13.9. The highest BCUT2D eigenvalue weighted by Crippen LogP contribution is 2.30. The molecule has 2 fully saturated rings. The van der Waals surface area contributed by atoms with Crippen LogP contribution in [0.2, 0.25) is 0 Å². The number of nitrogens with zero attached hydrogens (tertiary/aromatic N) is 4. The Hall–Kier alpha value is -1.66. The van der Waals surface area contributed by atoms with Crippen LogP contribution in [0, 0.1) is 0 Å². The topological polar surface area (TPSA) is 41.4 Å². The van der Waals surface area contributed by atoms with Crippen LogP contribution in [0.25, 0.3) is 0 Å². The number of carbonyl (C=O) groups is 1. The highest BCUT2D eigenvalue weighted by Gasteiger charge is 2.35. The number of rotatable bonds is 7. The third-order valence-electron chi connectivity index (χ3n) is 5.01. The molecule has 3 heterocycles. The van der Waals surface area contributed by atoms with Gasteiger partial charge in [-0.05, 0) is 49.7 Å². The first-order chi connectivity index (χ1) is 11.8. The predicted molar refractivity (Wildman–Crippen MR) is 94.7 cm³/mol. The van der Waals surface area contributed by atoms with Gasteiger partial charge in [-0.3, -0.25) is 14.4 Å². The van der Waals surface area contributed by atoms with Gasteiger partial charge in [0.2, 0.25) is 5.91 Å². The molecule has 1 saturated heterocycles. The van der Waals surface area contributed by atoms with Crippen molar-refractivity contribution in [2.45, 2.75) is 50.9 Å². The third-order valence-corrected chi connectivity index (χ3v) is 5.87. The molecule has 2 aromatic heterocycles. The highest BCUT2D eigenvalue weighted by molar-refractivity contribution is 7.09. The minimum absolute atomic E-state index is 0.290. The van der Waals surface area contributed by atoms with Crippen molar-refractivity contribution >= 4 is 17.2 Å². The first kappa shape index (κ1) is 15.8. The van der Waals surface area contributed by atoms with Gasteiger partial charge in [-0.2, -0.15) is 5.10 Å². The number of likely N-dealkylation sites (tertiary alicyclic amines) is 1. The van der Waals surface area contributed by atoms with Crippen molar-refractivity contribution in [1.29, 1.82) is 0 Å². The van der Waals surface area contributed by atoms with E-state index in [0.29, 0.717) is 24.5 Å². The van der Waals surface area contributed by atoms with Crippen LogP contribution >= 0.6 is 11.3 Å². The molecule has 1 atom stereocenters. The van der Waals surface area contributed by atoms with E-state index in [1.165, 1.54) is 11.3 Å². The quantitative estimate of drug-likeness (QED) is 0.775. The molecule has 5 nitrogen and oxygen atoms in total. The second kappa shape index (κ2) is 7.07. The van der Waals surface area contributed by atoms with Gasteiger partial charge >= 0.3 is 0 Å². The number of hydrogen-bond donors (Lipinski definition) is 0. The third kappa shape index (κ3) is 3.70. The Kier molecular flexibility index (Phi) is 4.67. The Bertz CT molecular complexity index is 651. The lowest BCUT2D eigenvalue weighted by Crippen LogP contribution is -2.43. The molecule has 4 rings (SSSR count). The zero-order chi connectivity index (χ0) is 16.4. The summed E-state index contributed by atoms with van der Waals surface area (Å²) in [5.41, 5.74) is 0. The van der Waals surface area contributed by atoms with E-state index in [9.17, 15) is 4.79 Å². The van der Waals surface area contributed by atoms with E-state index in [-0.39, 0.29) is 0 Å². The molecular weight excluding hydrogens is 320 g/mol. The van der Waals surface area contributed by atoms with Gasteiger partial charge in [-0.15, -0.1) is 11.3 Å². The Morgan fingerprint density at radius 1 is 1.33 bits per heavy atom. The minimum atomic E-state index is 0.290. The van der Waals surface area contributed by atoms with Crippen molar-refractivity contribution < 1.29 is 4.79 Å². The van der Waals surface area contributed by atoms with E-state index in [2.05, 4.69) is 32.4 Å². The Labute approximate surface area is 146 Å². The second-order valence-electron chi connectivity index (χ2n) is 6.83. The van der Waals surface area contributed by atoms with Gasteiger partial charge in [0.25, 0.3) is 0 Å². The van der Waals surface area contributed by atoms with Gasteiger partial charge in [-0.25, -0.2) is 0 Å². The van der Waals surface area contributed by atoms with Crippen molar-refractivity contribution in [2.75, 3.05) is 13.1 Å². The smallest absolute Gasteiger partial charge is 0.237 e. The molecular formula is C18H24N4OS. The highest BCUT2D eigenvalue weighted by atomic mass is 32.1. The summed E-state index contributed by atoms with van der Waals surface area (Å²) >= 11 is 1.74. The summed E-state index contributed by atoms with van der Waals surface area (Å²) in [7, 11) is 0. The Morgan fingerprint density at radius 2 is 2.25 bits per heavy atom. The van der Waals surface area contributed by atoms with Crippen LogP contribution in [0.5, 0.6) is 0 Å².